The minimum Gasteiger partial charge on any atom is -0.380 e. The molecule has 2 heteroatoms. The van der Waals surface area contributed by atoms with Crippen molar-refractivity contribution in [3.05, 3.63) is 0 Å². The van der Waals surface area contributed by atoms with Crippen molar-refractivity contribution in [3.8, 4) is 6.07 Å². The monoisotopic (exact) mass is 155 g/mol. The highest BCUT2D eigenvalue weighted by atomic mass is 16.5. The van der Waals surface area contributed by atoms with Crippen molar-refractivity contribution in [2.75, 3.05) is 13.2 Å². The molecular weight excluding hydrogens is 138 g/mol. The number of hydrogen-bond donors (Lipinski definition) is 0. The van der Waals surface area contributed by atoms with Gasteiger partial charge in [0.15, 0.2) is 0 Å². The maximum absolute atomic E-state index is 8.18. The van der Waals surface area contributed by atoms with Gasteiger partial charge in [-0.05, 0) is 18.8 Å². The summed E-state index contributed by atoms with van der Waals surface area (Å²) in [4.78, 5) is 0. The van der Waals surface area contributed by atoms with Crippen LogP contribution in [0.25, 0.3) is 0 Å². The van der Waals surface area contributed by atoms with E-state index in [0.29, 0.717) is 13.0 Å². The normalized spacial score (nSPS) is 10.0. The molecule has 0 amide bonds. The molecule has 0 fully saturated rings. The van der Waals surface area contributed by atoms with E-state index in [2.05, 4.69) is 13.8 Å². The Kier molecular flexibility index (Phi) is 7.18. The van der Waals surface area contributed by atoms with E-state index in [1.54, 1.807) is 0 Å². The first kappa shape index (κ1) is 10.4. The van der Waals surface area contributed by atoms with Crippen molar-refractivity contribution < 1.29 is 4.74 Å². The van der Waals surface area contributed by atoms with Crippen LogP contribution in [0, 0.1) is 17.2 Å². The van der Waals surface area contributed by atoms with Crippen LogP contribution >= 0.6 is 0 Å². The zero-order chi connectivity index (χ0) is 8.53. The molecule has 0 aromatic carbocycles. The molecule has 0 atom stereocenters. The fraction of sp³-hybridized carbons (Fsp3) is 0.889. The van der Waals surface area contributed by atoms with Crippen molar-refractivity contribution in [1.82, 2.24) is 0 Å². The highest BCUT2D eigenvalue weighted by molar-refractivity contribution is 4.66. The molecule has 0 aliphatic carbocycles. The number of nitrogens with zero attached hydrogens (tertiary/aromatic N) is 1. The third-order valence-electron chi connectivity index (χ3n) is 1.43. The molecule has 0 aliphatic rings. The third-order valence-corrected chi connectivity index (χ3v) is 1.43. The molecular formula is C9H17NO. The molecule has 2 nitrogen and oxygen atoms in total. The molecule has 0 bridgehead atoms. The van der Waals surface area contributed by atoms with Gasteiger partial charge in [0.1, 0.15) is 0 Å². The summed E-state index contributed by atoms with van der Waals surface area (Å²) in [6.07, 6.45) is 2.84. The predicted molar refractivity (Wildman–Crippen MR) is 45.1 cm³/mol. The van der Waals surface area contributed by atoms with Crippen LogP contribution < -0.4 is 0 Å². The number of nitriles is 1. The Morgan fingerprint density at radius 3 is 2.64 bits per heavy atom. The number of hydrogen-bond acceptors (Lipinski definition) is 2. The topological polar surface area (TPSA) is 33.0 Å². The van der Waals surface area contributed by atoms with E-state index in [-0.39, 0.29) is 0 Å². The van der Waals surface area contributed by atoms with E-state index in [1.165, 1.54) is 6.42 Å². The lowest BCUT2D eigenvalue weighted by molar-refractivity contribution is 0.133. The summed E-state index contributed by atoms with van der Waals surface area (Å²) in [5.41, 5.74) is 0. The lowest BCUT2D eigenvalue weighted by Crippen LogP contribution is -1.98. The predicted octanol–water partition coefficient (Wildman–Crippen LogP) is 2.35. The standard InChI is InChI=1S/C9H17NO/c1-9(2)5-3-7-11-8-4-6-10/h9H,3-5,7-8H2,1-2H3. The van der Waals surface area contributed by atoms with Crippen LogP contribution in [-0.2, 0) is 4.74 Å². The lowest BCUT2D eigenvalue weighted by atomic mass is 10.1. The Morgan fingerprint density at radius 1 is 1.36 bits per heavy atom. The van der Waals surface area contributed by atoms with Crippen LogP contribution in [0.2, 0.25) is 0 Å². The van der Waals surface area contributed by atoms with Crippen LogP contribution in [0.5, 0.6) is 0 Å². The van der Waals surface area contributed by atoms with Gasteiger partial charge in [0.25, 0.3) is 0 Å². The minimum absolute atomic E-state index is 0.516. The van der Waals surface area contributed by atoms with Crippen LogP contribution in [0.1, 0.15) is 33.1 Å². The summed E-state index contributed by atoms with van der Waals surface area (Å²) in [5, 5.41) is 8.18. The van der Waals surface area contributed by atoms with Crippen molar-refractivity contribution in [3.63, 3.8) is 0 Å². The summed E-state index contributed by atoms with van der Waals surface area (Å²) in [7, 11) is 0. The SMILES string of the molecule is CC(C)CCCOCCC#N. The first-order valence-electron chi connectivity index (χ1n) is 4.22. The lowest BCUT2D eigenvalue weighted by Gasteiger charge is -2.03. The number of rotatable bonds is 6. The summed E-state index contributed by atoms with van der Waals surface area (Å²) in [6, 6.07) is 2.04. The quantitative estimate of drug-likeness (QED) is 0.551. The molecule has 64 valence electrons. The second-order valence-corrected chi connectivity index (χ2v) is 3.06. The Hall–Kier alpha value is -0.550. The van der Waals surface area contributed by atoms with Gasteiger partial charge in [0.05, 0.1) is 19.1 Å². The first-order chi connectivity index (χ1) is 5.27. The molecule has 0 saturated heterocycles. The van der Waals surface area contributed by atoms with Gasteiger partial charge in [0.2, 0.25) is 0 Å². The van der Waals surface area contributed by atoms with Crippen LogP contribution in [-0.4, -0.2) is 13.2 Å². The maximum Gasteiger partial charge on any atom is 0.0645 e. The molecule has 0 unspecified atom stereocenters. The van der Waals surface area contributed by atoms with E-state index >= 15 is 0 Å². The van der Waals surface area contributed by atoms with Gasteiger partial charge in [-0.15, -0.1) is 0 Å². The van der Waals surface area contributed by atoms with E-state index in [9.17, 15) is 0 Å². The van der Waals surface area contributed by atoms with Gasteiger partial charge in [-0.3, -0.25) is 0 Å². The zero-order valence-electron chi connectivity index (χ0n) is 7.47. The van der Waals surface area contributed by atoms with E-state index < -0.39 is 0 Å². The highest BCUT2D eigenvalue weighted by Gasteiger charge is 1.93. The largest absolute Gasteiger partial charge is 0.380 e. The average Bonchev–Trinajstić information content (AvgIpc) is 1.96. The van der Waals surface area contributed by atoms with Crippen LogP contribution in [0.15, 0.2) is 0 Å². The smallest absolute Gasteiger partial charge is 0.0645 e. The molecule has 0 rings (SSSR count). The van der Waals surface area contributed by atoms with E-state index in [4.69, 9.17) is 10.00 Å². The van der Waals surface area contributed by atoms with Crippen molar-refractivity contribution in [1.29, 1.82) is 5.26 Å². The Balaban J connectivity index is 2.86. The summed E-state index contributed by atoms with van der Waals surface area (Å²) in [6.45, 7) is 5.80. The van der Waals surface area contributed by atoms with Crippen molar-refractivity contribution in [2.45, 2.75) is 33.1 Å². The molecule has 0 saturated carbocycles. The van der Waals surface area contributed by atoms with E-state index in [0.717, 1.165) is 18.9 Å². The van der Waals surface area contributed by atoms with Gasteiger partial charge >= 0.3 is 0 Å². The van der Waals surface area contributed by atoms with Crippen LogP contribution in [0.4, 0.5) is 0 Å². The van der Waals surface area contributed by atoms with Gasteiger partial charge in [-0.2, -0.15) is 5.26 Å². The zero-order valence-corrected chi connectivity index (χ0v) is 7.47. The summed E-state index contributed by atoms with van der Waals surface area (Å²) in [5.74, 6) is 0.759. The average molecular weight is 155 g/mol. The Morgan fingerprint density at radius 2 is 2.09 bits per heavy atom. The third kappa shape index (κ3) is 9.45. The molecule has 0 radical (unpaired) electrons. The maximum atomic E-state index is 8.18. The summed E-state index contributed by atoms with van der Waals surface area (Å²) >= 11 is 0. The van der Waals surface area contributed by atoms with Crippen LogP contribution in [0.3, 0.4) is 0 Å². The molecule has 0 N–H and O–H groups in total. The highest BCUT2D eigenvalue weighted by Crippen LogP contribution is 2.02. The second kappa shape index (κ2) is 7.56. The fourth-order valence-electron chi connectivity index (χ4n) is 0.814. The minimum atomic E-state index is 0.516. The summed E-state index contributed by atoms with van der Waals surface area (Å²) < 4.78 is 5.20. The van der Waals surface area contributed by atoms with Gasteiger partial charge in [0, 0.05) is 6.61 Å². The van der Waals surface area contributed by atoms with Gasteiger partial charge < -0.3 is 4.74 Å². The molecule has 0 spiro atoms. The molecule has 0 heterocycles. The Labute approximate surface area is 69.2 Å². The van der Waals surface area contributed by atoms with E-state index in [1.807, 2.05) is 6.07 Å². The van der Waals surface area contributed by atoms with Gasteiger partial charge in [-0.25, -0.2) is 0 Å². The van der Waals surface area contributed by atoms with Crippen molar-refractivity contribution >= 4 is 0 Å². The first-order valence-corrected chi connectivity index (χ1v) is 4.22. The number of ether oxygens (including phenoxy) is 1. The molecule has 0 aromatic rings. The second-order valence-electron chi connectivity index (χ2n) is 3.06. The van der Waals surface area contributed by atoms with Crippen molar-refractivity contribution in [2.24, 2.45) is 5.92 Å². The van der Waals surface area contributed by atoms with Gasteiger partial charge in [-0.1, -0.05) is 13.8 Å². The Bertz CT molecular complexity index is 115. The molecule has 11 heavy (non-hydrogen) atoms. The molecule has 0 aliphatic heterocycles. The molecule has 0 aromatic heterocycles. The fourth-order valence-corrected chi connectivity index (χ4v) is 0.814.